The first-order valence-corrected chi connectivity index (χ1v) is 12.7. The van der Waals surface area contributed by atoms with E-state index in [1.165, 1.54) is 24.5 Å². The summed E-state index contributed by atoms with van der Waals surface area (Å²) in [6.07, 6.45) is 7.07. The second-order valence-corrected chi connectivity index (χ2v) is 9.28. The highest BCUT2D eigenvalue weighted by atomic mass is 35.5. The highest BCUT2D eigenvalue weighted by Gasteiger charge is 2.23. The number of carbonyl (C=O) groups excluding carboxylic acids is 1. The van der Waals surface area contributed by atoms with Crippen molar-refractivity contribution < 1.29 is 18.7 Å². The zero-order valence-electron chi connectivity index (χ0n) is 21.0. The Kier molecular flexibility index (Phi) is 9.27. The van der Waals surface area contributed by atoms with Gasteiger partial charge in [0.15, 0.2) is 0 Å². The van der Waals surface area contributed by atoms with Crippen LogP contribution in [0.1, 0.15) is 19.8 Å². The predicted molar refractivity (Wildman–Crippen MR) is 144 cm³/mol. The largest absolute Gasteiger partial charge is 0.491 e. The average molecular weight is 528 g/mol. The van der Waals surface area contributed by atoms with E-state index in [0.29, 0.717) is 59.5 Å². The van der Waals surface area contributed by atoms with Gasteiger partial charge in [-0.15, -0.1) is 0 Å². The Bertz CT molecular complexity index is 1270. The Morgan fingerprint density at radius 1 is 1.27 bits per heavy atom. The van der Waals surface area contributed by atoms with Crippen LogP contribution >= 0.6 is 11.6 Å². The van der Waals surface area contributed by atoms with E-state index in [1.807, 2.05) is 6.08 Å². The molecule has 1 amide bonds. The third kappa shape index (κ3) is 7.61. The van der Waals surface area contributed by atoms with Crippen LogP contribution in [0.3, 0.4) is 0 Å². The first kappa shape index (κ1) is 26.8. The fourth-order valence-electron chi connectivity index (χ4n) is 3.69. The van der Waals surface area contributed by atoms with Gasteiger partial charge in [0.2, 0.25) is 5.91 Å². The number of fused-ring (bicyclic) bond motifs is 1. The summed E-state index contributed by atoms with van der Waals surface area (Å²) < 4.78 is 24.8. The summed E-state index contributed by atoms with van der Waals surface area (Å²) in [6.45, 7) is 5.56. The van der Waals surface area contributed by atoms with E-state index in [9.17, 15) is 9.18 Å². The molecule has 0 spiro atoms. The molecule has 0 aliphatic heterocycles. The number of likely N-dealkylation sites (N-methyl/N-ethyl adjacent to an activating group) is 1. The zero-order valence-corrected chi connectivity index (χ0v) is 21.7. The third-order valence-corrected chi connectivity index (χ3v) is 6.33. The number of aromatic nitrogens is 2. The van der Waals surface area contributed by atoms with Crippen LogP contribution < -0.4 is 15.4 Å². The lowest BCUT2D eigenvalue weighted by atomic mass is 10.1. The molecule has 0 unspecified atom stereocenters. The number of ether oxygens (including phenoxy) is 2. The zero-order chi connectivity index (χ0) is 26.2. The number of nitrogens with one attached hydrogen (secondary N) is 2. The topological polar surface area (TPSA) is 88.6 Å². The van der Waals surface area contributed by atoms with E-state index in [1.54, 1.807) is 25.3 Å². The maximum Gasteiger partial charge on any atom is 0.248 e. The van der Waals surface area contributed by atoms with Gasteiger partial charge in [0.05, 0.1) is 29.4 Å². The molecule has 1 saturated carbocycles. The van der Waals surface area contributed by atoms with Gasteiger partial charge >= 0.3 is 0 Å². The fourth-order valence-corrected chi connectivity index (χ4v) is 3.87. The van der Waals surface area contributed by atoms with Crippen LogP contribution in [0.2, 0.25) is 5.02 Å². The number of amides is 1. The van der Waals surface area contributed by atoms with E-state index >= 15 is 0 Å². The summed E-state index contributed by atoms with van der Waals surface area (Å²) in [6, 6.07) is 7.92. The van der Waals surface area contributed by atoms with Crippen molar-refractivity contribution in [3.63, 3.8) is 0 Å². The van der Waals surface area contributed by atoms with Crippen molar-refractivity contribution in [3.05, 3.63) is 59.7 Å². The second-order valence-electron chi connectivity index (χ2n) is 8.87. The molecule has 10 heteroatoms. The van der Waals surface area contributed by atoms with Crippen LogP contribution in [0, 0.1) is 11.7 Å². The molecule has 2 N–H and O–H groups in total. The molecule has 0 bridgehead atoms. The summed E-state index contributed by atoms with van der Waals surface area (Å²) in [4.78, 5) is 23.7. The van der Waals surface area contributed by atoms with Gasteiger partial charge in [-0.25, -0.2) is 14.4 Å². The lowest BCUT2D eigenvalue weighted by Crippen LogP contribution is -2.27. The van der Waals surface area contributed by atoms with Crippen molar-refractivity contribution >= 4 is 45.6 Å². The second kappa shape index (κ2) is 12.8. The molecule has 1 aromatic heterocycles. The normalized spacial score (nSPS) is 13.4. The number of anilines is 3. The average Bonchev–Trinajstić information content (AvgIpc) is 3.72. The van der Waals surface area contributed by atoms with Gasteiger partial charge in [-0.3, -0.25) is 9.69 Å². The minimum Gasteiger partial charge on any atom is -0.491 e. The van der Waals surface area contributed by atoms with Crippen LogP contribution in [0.4, 0.5) is 21.6 Å². The molecule has 4 rings (SSSR count). The van der Waals surface area contributed by atoms with E-state index in [0.717, 1.165) is 25.9 Å². The van der Waals surface area contributed by atoms with E-state index in [4.69, 9.17) is 21.1 Å². The van der Waals surface area contributed by atoms with Crippen molar-refractivity contribution in [1.82, 2.24) is 14.9 Å². The fraction of sp³-hybridized carbons (Fsp3) is 0.370. The minimum atomic E-state index is -0.504. The smallest absolute Gasteiger partial charge is 0.248 e. The summed E-state index contributed by atoms with van der Waals surface area (Å²) in [5, 5.41) is 6.77. The maximum absolute atomic E-state index is 13.6. The Morgan fingerprint density at radius 2 is 2.11 bits per heavy atom. The molecular formula is C27H31ClFN5O3. The van der Waals surface area contributed by atoms with Crippen LogP contribution in [-0.2, 0) is 9.53 Å². The van der Waals surface area contributed by atoms with Crippen molar-refractivity contribution in [1.29, 1.82) is 0 Å². The number of carbonyl (C=O) groups is 1. The lowest BCUT2D eigenvalue weighted by molar-refractivity contribution is -0.111. The molecule has 37 heavy (non-hydrogen) atoms. The number of hydrogen-bond acceptors (Lipinski definition) is 7. The maximum atomic E-state index is 13.6. The Morgan fingerprint density at radius 3 is 2.84 bits per heavy atom. The molecule has 3 aromatic rings. The monoisotopic (exact) mass is 527 g/mol. The quantitative estimate of drug-likeness (QED) is 0.287. The van der Waals surface area contributed by atoms with Crippen LogP contribution in [0.15, 0.2) is 48.8 Å². The number of nitrogens with zero attached hydrogens (tertiary/aromatic N) is 3. The number of halogens is 2. The van der Waals surface area contributed by atoms with Gasteiger partial charge in [0, 0.05) is 43.4 Å². The van der Waals surface area contributed by atoms with Gasteiger partial charge in [-0.1, -0.05) is 24.6 Å². The van der Waals surface area contributed by atoms with Crippen molar-refractivity contribution in [2.75, 3.05) is 50.6 Å². The number of benzene rings is 2. The van der Waals surface area contributed by atoms with Gasteiger partial charge in [-0.05, 0) is 49.6 Å². The molecule has 8 nitrogen and oxygen atoms in total. The summed E-state index contributed by atoms with van der Waals surface area (Å²) >= 11 is 5.93. The summed E-state index contributed by atoms with van der Waals surface area (Å²) in [5.74, 6) is 0.804. The van der Waals surface area contributed by atoms with Gasteiger partial charge < -0.3 is 20.1 Å². The molecule has 2 aromatic carbocycles. The molecule has 1 aliphatic rings. The molecule has 1 heterocycles. The lowest BCUT2D eigenvalue weighted by Gasteiger charge is -2.17. The molecule has 0 atom stereocenters. The van der Waals surface area contributed by atoms with E-state index < -0.39 is 5.82 Å². The summed E-state index contributed by atoms with van der Waals surface area (Å²) in [5.41, 5.74) is 1.73. The molecule has 0 radical (unpaired) electrons. The Balaban J connectivity index is 1.57. The van der Waals surface area contributed by atoms with Crippen molar-refractivity contribution in [3.8, 4) is 5.75 Å². The van der Waals surface area contributed by atoms with Gasteiger partial charge in [0.25, 0.3) is 0 Å². The van der Waals surface area contributed by atoms with Crippen LogP contribution in [-0.4, -0.2) is 60.7 Å². The summed E-state index contributed by atoms with van der Waals surface area (Å²) in [7, 11) is 1.67. The van der Waals surface area contributed by atoms with E-state index in [2.05, 4.69) is 32.4 Å². The van der Waals surface area contributed by atoms with Crippen LogP contribution in [0.25, 0.3) is 10.9 Å². The standard InChI is InChI=1S/C27H31ClFN5O3/c1-3-34(11-12-36-2)10-4-5-26(35)33-24-14-20-23(15-25(24)37-16-18-6-7-18)30-17-31-27(20)32-19-8-9-22(29)21(28)13-19/h4-5,8-9,13-15,17-18H,3,6-7,10-12,16H2,1-2H3,(H,33,35)(H,30,31,32)/b5-4+. The molecular weight excluding hydrogens is 497 g/mol. The molecule has 1 fully saturated rings. The van der Waals surface area contributed by atoms with Crippen LogP contribution in [0.5, 0.6) is 5.75 Å². The van der Waals surface area contributed by atoms with Gasteiger partial charge in [0.1, 0.15) is 23.7 Å². The third-order valence-electron chi connectivity index (χ3n) is 6.04. The first-order chi connectivity index (χ1) is 18.0. The van der Waals surface area contributed by atoms with Crippen molar-refractivity contribution in [2.45, 2.75) is 19.8 Å². The predicted octanol–water partition coefficient (Wildman–Crippen LogP) is 5.42. The number of rotatable bonds is 13. The molecule has 1 aliphatic carbocycles. The van der Waals surface area contributed by atoms with Crippen molar-refractivity contribution in [2.24, 2.45) is 5.92 Å². The van der Waals surface area contributed by atoms with Gasteiger partial charge in [-0.2, -0.15) is 0 Å². The highest BCUT2D eigenvalue weighted by molar-refractivity contribution is 6.31. The molecule has 196 valence electrons. The Hall–Kier alpha value is -3.27. The number of methoxy groups -OCH3 is 1. The van der Waals surface area contributed by atoms with E-state index in [-0.39, 0.29) is 10.9 Å². The first-order valence-electron chi connectivity index (χ1n) is 12.3. The number of hydrogen-bond donors (Lipinski definition) is 2. The molecule has 0 saturated heterocycles. The SMILES string of the molecule is CCN(C/C=C/C(=O)Nc1cc2c(Nc3ccc(F)c(Cl)c3)ncnc2cc1OCC1CC1)CCOC. The Labute approximate surface area is 220 Å². The highest BCUT2D eigenvalue weighted by Crippen LogP contribution is 2.36. The minimum absolute atomic E-state index is 0.00252.